The number of hydrogen-bond acceptors (Lipinski definition) is 8. The third kappa shape index (κ3) is 15.5. The molecule has 2 heterocycles. The van der Waals surface area contributed by atoms with Gasteiger partial charge in [-0.05, 0) is 90.7 Å². The third-order valence-electron chi connectivity index (χ3n) is 7.51. The molecule has 5 rings (SSSR count). The Kier molecular flexibility index (Phi) is 17.6. The maximum Gasteiger partial charge on any atom is 0.183 e. The topological polar surface area (TPSA) is 117 Å². The first-order valence-corrected chi connectivity index (χ1v) is 21.1. The summed E-state index contributed by atoms with van der Waals surface area (Å²) < 4.78 is 47.8. The molecule has 0 atom stereocenters. The van der Waals surface area contributed by atoms with Gasteiger partial charge in [0.15, 0.2) is 31.7 Å². The fourth-order valence-electron chi connectivity index (χ4n) is 4.82. The highest BCUT2D eigenvalue weighted by atomic mass is 35.5. The Morgan fingerprint density at radius 1 is 0.727 bits per heavy atom. The number of carbonyl (C=O) groups excluding carboxylic acids is 1. The fourth-order valence-corrected chi connectivity index (χ4v) is 6.64. The number of pyridine rings is 2. The monoisotopic (exact) mass is 822 g/mol. The average Bonchev–Trinajstić information content (AvgIpc) is 3.08. The van der Waals surface area contributed by atoms with Crippen LogP contribution in [-0.4, -0.2) is 89.0 Å². The van der Waals surface area contributed by atoms with Gasteiger partial charge in [0, 0.05) is 79.2 Å². The van der Waals surface area contributed by atoms with Gasteiger partial charge in [0.25, 0.3) is 0 Å². The van der Waals surface area contributed by atoms with Crippen LogP contribution in [0.3, 0.4) is 0 Å². The highest BCUT2D eigenvalue weighted by molar-refractivity contribution is 7.91. The van der Waals surface area contributed by atoms with Crippen LogP contribution in [-0.2, 0) is 26.1 Å². The number of nitrogens with zero attached hydrogens (tertiary/aromatic N) is 4. The molecule has 0 radical (unpaired) electrons. The maximum atomic E-state index is 12.0. The molecule has 13 heteroatoms. The minimum Gasteiger partial charge on any atom is -0.382 e. The first kappa shape index (κ1) is 46.5. The predicted octanol–water partition coefficient (Wildman–Crippen LogP) is 8.42. The van der Waals surface area contributed by atoms with Crippen LogP contribution in [0, 0.1) is 21.3 Å². The fraction of sp³-hybridized carbons (Fsp3) is 0.214. The highest BCUT2D eigenvalue weighted by Crippen LogP contribution is 2.34. The molecule has 55 heavy (non-hydrogen) atoms. The van der Waals surface area contributed by atoms with Crippen molar-refractivity contribution in [1.29, 1.82) is 0 Å². The van der Waals surface area contributed by atoms with Gasteiger partial charge in [-0.15, -0.1) is 0 Å². The number of benzene rings is 3. The summed E-state index contributed by atoms with van der Waals surface area (Å²) in [6, 6.07) is 26.4. The minimum absolute atomic E-state index is 0. The number of halogens is 2. The van der Waals surface area contributed by atoms with Crippen LogP contribution in [0.15, 0.2) is 124 Å². The van der Waals surface area contributed by atoms with Crippen molar-refractivity contribution in [2.24, 2.45) is 0 Å². The number of aromatic nitrogens is 2. The van der Waals surface area contributed by atoms with Crippen molar-refractivity contribution < 1.29 is 26.2 Å². The summed E-state index contributed by atoms with van der Waals surface area (Å²) in [5.41, 5.74) is 6.98. The Hall–Kier alpha value is -4.68. The molecular formula is C42H48Cl2N4O5S2. The molecule has 5 aromatic rings. The smallest absolute Gasteiger partial charge is 0.183 e. The number of ketones is 1. The van der Waals surface area contributed by atoms with Gasteiger partial charge in [-0.3, -0.25) is 14.8 Å². The van der Waals surface area contributed by atoms with E-state index in [1.54, 1.807) is 54.7 Å². The number of carbonyl (C=O) groups is 1. The van der Waals surface area contributed by atoms with Crippen LogP contribution >= 0.6 is 23.2 Å². The van der Waals surface area contributed by atoms with Crippen LogP contribution in [0.5, 0.6) is 0 Å². The lowest BCUT2D eigenvalue weighted by Crippen LogP contribution is -2.05. The maximum absolute atomic E-state index is 12.0. The summed E-state index contributed by atoms with van der Waals surface area (Å²) in [5.74, 6) is -0.0374. The molecule has 292 valence electrons. The Bertz CT molecular complexity index is 2320. The molecule has 0 aliphatic carbocycles. The summed E-state index contributed by atoms with van der Waals surface area (Å²) in [5, 5.41) is 1.36. The lowest BCUT2D eigenvalue weighted by Gasteiger charge is -2.11. The van der Waals surface area contributed by atoms with Crippen molar-refractivity contribution in [2.75, 3.05) is 40.7 Å². The number of allylic oxidation sites excluding steroid dienone is 1. The first-order valence-electron chi connectivity index (χ1n) is 16.6. The third-order valence-corrected chi connectivity index (χ3v) is 10.2. The van der Waals surface area contributed by atoms with Gasteiger partial charge < -0.3 is 12.3 Å². The standard InChI is InChI=1S/C19H16ClNO2S.C15H15NO3S.C7H14ClN2.CH3/c1-13-3-4-15(12-21-13)18-10-7-16(20)11-19(18)14-5-8-17(9-6-14)24(2,22)23;1-11-3-6-13(10-16-11)15(17)9-12-4-7-14(8-5-12)20(2,18)19;1-9(2)5-7(8)6-10(3)4;/h3-12H,1-2H3;3-8,10H,9H2,1-2H3;5-6H,1-4H3;1H3/q;;+1;-1. The van der Waals surface area contributed by atoms with E-state index in [0.717, 1.165) is 50.5 Å². The van der Waals surface area contributed by atoms with Gasteiger partial charge in [-0.2, -0.15) is 0 Å². The molecule has 0 saturated heterocycles. The molecule has 2 aromatic heterocycles. The zero-order valence-corrected chi connectivity index (χ0v) is 35.7. The summed E-state index contributed by atoms with van der Waals surface area (Å²) >= 11 is 12.0. The Balaban J connectivity index is 0.000000306. The molecule has 0 amide bonds. The number of sulfone groups is 2. The van der Waals surface area contributed by atoms with E-state index in [1.165, 1.54) is 18.4 Å². The molecule has 0 unspecified atom stereocenters. The number of aryl methyl sites for hydroxylation is 2. The van der Waals surface area contributed by atoms with Gasteiger partial charge in [0.1, 0.15) is 19.1 Å². The summed E-state index contributed by atoms with van der Waals surface area (Å²) in [6.07, 6.45) is 9.67. The van der Waals surface area contributed by atoms with Crippen LogP contribution in [0.2, 0.25) is 5.02 Å². The summed E-state index contributed by atoms with van der Waals surface area (Å²) in [6.45, 7) is 3.80. The normalized spacial score (nSPS) is 11.1. The molecule has 3 aromatic carbocycles. The number of hydrogen-bond donors (Lipinski definition) is 0. The van der Waals surface area contributed by atoms with E-state index in [1.807, 2.05) is 100 Å². The summed E-state index contributed by atoms with van der Waals surface area (Å²) in [7, 11) is 1.33. The highest BCUT2D eigenvalue weighted by Gasteiger charge is 2.12. The van der Waals surface area contributed by atoms with E-state index in [9.17, 15) is 21.6 Å². The van der Waals surface area contributed by atoms with Gasteiger partial charge in [0.05, 0.1) is 9.79 Å². The van der Waals surface area contributed by atoms with E-state index < -0.39 is 19.7 Å². The Morgan fingerprint density at radius 3 is 1.69 bits per heavy atom. The Labute approximate surface area is 336 Å². The molecule has 0 saturated carbocycles. The van der Waals surface area contributed by atoms with Crippen LogP contribution in [0.25, 0.3) is 22.3 Å². The minimum atomic E-state index is -3.21. The van der Waals surface area contributed by atoms with Crippen molar-refractivity contribution in [3.63, 3.8) is 0 Å². The molecule has 0 aliphatic rings. The van der Waals surface area contributed by atoms with E-state index >= 15 is 0 Å². The molecule has 0 aliphatic heterocycles. The lowest BCUT2D eigenvalue weighted by atomic mass is 9.95. The Morgan fingerprint density at radius 2 is 1.24 bits per heavy atom. The number of Topliss-reactive ketones (excluding diaryl/α,β-unsaturated/α-hetero) is 1. The zero-order valence-electron chi connectivity index (χ0n) is 32.6. The van der Waals surface area contributed by atoms with E-state index in [4.69, 9.17) is 23.2 Å². The van der Waals surface area contributed by atoms with Gasteiger partial charge >= 0.3 is 0 Å². The molecule has 0 spiro atoms. The first-order chi connectivity index (χ1) is 25.2. The second-order valence-electron chi connectivity index (χ2n) is 12.9. The van der Waals surface area contributed by atoms with Crippen molar-refractivity contribution in [1.82, 2.24) is 14.9 Å². The lowest BCUT2D eigenvalue weighted by molar-refractivity contribution is -0.458. The molecule has 9 nitrogen and oxygen atoms in total. The van der Waals surface area contributed by atoms with E-state index in [0.29, 0.717) is 15.5 Å². The van der Waals surface area contributed by atoms with Gasteiger partial charge in [0.2, 0.25) is 0 Å². The second-order valence-corrected chi connectivity index (χ2v) is 17.9. The molecule has 0 N–H and O–H groups in total. The SMILES string of the molecule is CN(C)/C=C(/Cl)C=[N+](C)C.Cc1ccc(-c2ccc(Cl)cc2-c2ccc(S(C)(=O)=O)cc2)cn1.Cc1ccc(C(=O)Cc2ccc(S(C)(=O)=O)cc2)cn1.[CH3-]. The molecular weight excluding hydrogens is 776 g/mol. The van der Waals surface area contributed by atoms with Crippen LogP contribution in [0.1, 0.15) is 27.3 Å². The van der Waals surface area contributed by atoms with Crippen LogP contribution in [0.4, 0.5) is 0 Å². The van der Waals surface area contributed by atoms with Crippen molar-refractivity contribution >= 4 is 54.9 Å². The quantitative estimate of drug-likeness (QED) is 0.0630. The van der Waals surface area contributed by atoms with Gasteiger partial charge in [-0.25, -0.2) is 21.4 Å². The van der Waals surface area contributed by atoms with E-state index in [2.05, 4.69) is 9.97 Å². The van der Waals surface area contributed by atoms with Crippen LogP contribution < -0.4 is 0 Å². The zero-order chi connectivity index (χ0) is 40.2. The van der Waals surface area contributed by atoms with Crippen molar-refractivity contribution in [3.8, 4) is 22.3 Å². The van der Waals surface area contributed by atoms with Crippen molar-refractivity contribution in [2.45, 2.75) is 30.1 Å². The molecule has 0 bridgehead atoms. The average molecular weight is 824 g/mol. The predicted molar refractivity (Wildman–Crippen MR) is 227 cm³/mol. The summed E-state index contributed by atoms with van der Waals surface area (Å²) in [4.78, 5) is 22.9. The van der Waals surface area contributed by atoms with E-state index in [-0.39, 0.29) is 24.5 Å². The van der Waals surface area contributed by atoms with Gasteiger partial charge in [-0.1, -0.05) is 59.6 Å². The largest absolute Gasteiger partial charge is 0.382 e. The number of rotatable bonds is 9. The van der Waals surface area contributed by atoms with Crippen molar-refractivity contribution in [3.05, 3.63) is 150 Å². The second kappa shape index (κ2) is 20.8. The molecule has 0 fully saturated rings.